The Morgan fingerprint density at radius 1 is 0.963 bits per heavy atom. The average Bonchev–Trinajstić information content (AvgIpc) is 3.80. The average molecular weight is 728 g/mol. The largest absolute Gasteiger partial charge is 0.382 e. The number of hydrogen-bond donors (Lipinski definition) is 3. The summed E-state index contributed by atoms with van der Waals surface area (Å²) in [4.78, 5) is 55.9. The summed E-state index contributed by atoms with van der Waals surface area (Å²) >= 11 is 0. The summed E-state index contributed by atoms with van der Waals surface area (Å²) in [5.74, 6) is 1.94. The Labute approximate surface area is 313 Å². The molecule has 8 rings (SSSR count). The van der Waals surface area contributed by atoms with Gasteiger partial charge in [-0.15, -0.1) is 0 Å². The highest BCUT2D eigenvalue weighted by Gasteiger charge is 2.30. The van der Waals surface area contributed by atoms with Gasteiger partial charge in [0.1, 0.15) is 29.0 Å². The van der Waals surface area contributed by atoms with Crippen molar-refractivity contribution in [3.8, 4) is 11.9 Å². The van der Waals surface area contributed by atoms with Crippen LogP contribution in [0.5, 0.6) is 0 Å². The van der Waals surface area contributed by atoms with E-state index in [2.05, 4.69) is 43.0 Å². The van der Waals surface area contributed by atoms with Crippen molar-refractivity contribution in [3.63, 3.8) is 0 Å². The first-order valence-corrected chi connectivity index (χ1v) is 19.0. The van der Waals surface area contributed by atoms with E-state index in [1.807, 2.05) is 53.4 Å². The van der Waals surface area contributed by atoms with Crippen molar-refractivity contribution in [3.05, 3.63) is 78.0 Å². The number of imidazole rings is 1. The predicted molar refractivity (Wildman–Crippen MR) is 205 cm³/mol. The van der Waals surface area contributed by atoms with Crippen molar-refractivity contribution in [2.75, 3.05) is 36.4 Å². The second-order valence-corrected chi connectivity index (χ2v) is 15.1. The molecule has 14 nitrogen and oxygen atoms in total. The molecular formula is C40H45N11O3. The zero-order chi connectivity index (χ0) is 37.3. The van der Waals surface area contributed by atoms with Crippen LogP contribution in [-0.2, 0) is 4.79 Å². The van der Waals surface area contributed by atoms with E-state index in [9.17, 15) is 19.6 Å². The lowest BCUT2D eigenvalue weighted by molar-refractivity contribution is -0.120. The lowest BCUT2D eigenvalue weighted by atomic mass is 9.84. The summed E-state index contributed by atoms with van der Waals surface area (Å²) in [6, 6.07) is 11.7. The molecule has 1 aliphatic carbocycles. The lowest BCUT2D eigenvalue weighted by Gasteiger charge is -2.37. The molecule has 0 radical (unpaired) electrons. The molecule has 5 aromatic heterocycles. The van der Waals surface area contributed by atoms with Gasteiger partial charge in [-0.25, -0.2) is 19.7 Å². The lowest BCUT2D eigenvalue weighted by Crippen LogP contribution is -2.50. The summed E-state index contributed by atoms with van der Waals surface area (Å²) in [5, 5.41) is 19.2. The van der Waals surface area contributed by atoms with Crippen molar-refractivity contribution >= 4 is 46.0 Å². The molecule has 3 N–H and O–H groups in total. The number of likely N-dealkylation sites (tertiary alicyclic amines) is 1. The second kappa shape index (κ2) is 14.9. The van der Waals surface area contributed by atoms with Crippen molar-refractivity contribution < 1.29 is 14.4 Å². The number of carbonyl (C=O) groups excluding carboxylic acids is 3. The number of nitrogens with one attached hydrogen (secondary N) is 3. The number of hydrogen-bond acceptors (Lipinski definition) is 9. The van der Waals surface area contributed by atoms with Crippen LogP contribution in [0, 0.1) is 17.2 Å². The number of urea groups is 1. The fourth-order valence-electron chi connectivity index (χ4n) is 8.32. The number of rotatable bonds is 9. The van der Waals surface area contributed by atoms with Gasteiger partial charge < -0.3 is 15.5 Å². The van der Waals surface area contributed by atoms with Crippen molar-refractivity contribution in [2.45, 2.75) is 76.8 Å². The first kappa shape index (κ1) is 35.2. The number of fused-ring (bicyclic) bond motifs is 2. The van der Waals surface area contributed by atoms with Gasteiger partial charge in [0.15, 0.2) is 0 Å². The van der Waals surface area contributed by atoms with E-state index < -0.39 is 6.03 Å². The third-order valence-corrected chi connectivity index (χ3v) is 11.1. The van der Waals surface area contributed by atoms with Crippen LogP contribution in [0.3, 0.4) is 0 Å². The van der Waals surface area contributed by atoms with Crippen LogP contribution in [0.2, 0.25) is 0 Å². The minimum Gasteiger partial charge on any atom is -0.382 e. The smallest absolute Gasteiger partial charge is 0.329 e. The molecule has 3 aliphatic rings. The number of amides is 4. The van der Waals surface area contributed by atoms with Crippen LogP contribution < -0.4 is 20.9 Å². The summed E-state index contributed by atoms with van der Waals surface area (Å²) < 4.78 is 3.84. The maximum Gasteiger partial charge on any atom is 0.329 e. The molecule has 0 bridgehead atoms. The van der Waals surface area contributed by atoms with Crippen LogP contribution in [0.15, 0.2) is 61.3 Å². The molecule has 3 fully saturated rings. The SMILES string of the molecule is CC(C)Nc1cc(-n2ccc3cc(C#N)cnc32)ncc1C(=O)N[C@H]1CC[C@H](CN2CCC(c3cccn4c(N5CCC(=O)NC5=O)cnc34)CC2)CC1. The Balaban J connectivity index is 0.848. The number of anilines is 2. The van der Waals surface area contributed by atoms with Crippen LogP contribution in [-0.4, -0.2) is 84.9 Å². The van der Waals surface area contributed by atoms with Gasteiger partial charge in [-0.05, 0) is 101 Å². The fourth-order valence-corrected chi connectivity index (χ4v) is 8.32. The number of imide groups is 1. The molecule has 0 spiro atoms. The van der Waals surface area contributed by atoms with E-state index in [1.54, 1.807) is 29.6 Å². The van der Waals surface area contributed by atoms with Crippen molar-refractivity contribution in [2.24, 2.45) is 5.92 Å². The number of piperidine rings is 1. The Morgan fingerprint density at radius 3 is 2.52 bits per heavy atom. The Morgan fingerprint density at radius 2 is 1.76 bits per heavy atom. The van der Waals surface area contributed by atoms with E-state index in [1.165, 1.54) is 5.56 Å². The molecule has 4 amide bonds. The van der Waals surface area contributed by atoms with E-state index >= 15 is 0 Å². The normalized spacial score (nSPS) is 20.0. The van der Waals surface area contributed by atoms with Gasteiger partial charge >= 0.3 is 6.03 Å². The molecule has 0 atom stereocenters. The van der Waals surface area contributed by atoms with Crippen molar-refractivity contribution in [1.29, 1.82) is 5.26 Å². The summed E-state index contributed by atoms with van der Waals surface area (Å²) in [5.41, 5.74) is 4.51. The van der Waals surface area contributed by atoms with E-state index in [0.717, 1.165) is 74.9 Å². The second-order valence-electron chi connectivity index (χ2n) is 15.1. The van der Waals surface area contributed by atoms with Crippen molar-refractivity contribution in [1.82, 2.24) is 39.5 Å². The van der Waals surface area contributed by atoms with Gasteiger partial charge in [-0.2, -0.15) is 5.26 Å². The Hall–Kier alpha value is -5.81. The molecule has 14 heteroatoms. The van der Waals surface area contributed by atoms with Gasteiger partial charge in [0.05, 0.1) is 23.0 Å². The molecule has 54 heavy (non-hydrogen) atoms. The molecule has 1 saturated carbocycles. The monoisotopic (exact) mass is 727 g/mol. The van der Waals surface area contributed by atoms with Gasteiger partial charge in [-0.1, -0.05) is 6.07 Å². The van der Waals surface area contributed by atoms with Gasteiger partial charge in [0.25, 0.3) is 5.91 Å². The summed E-state index contributed by atoms with van der Waals surface area (Å²) in [7, 11) is 0. The fraction of sp³-hybridized carbons (Fsp3) is 0.425. The highest BCUT2D eigenvalue weighted by Crippen LogP contribution is 2.34. The maximum atomic E-state index is 13.6. The Bertz CT molecular complexity index is 2250. The molecule has 5 aromatic rings. The summed E-state index contributed by atoms with van der Waals surface area (Å²) in [6.45, 7) is 7.55. The highest BCUT2D eigenvalue weighted by atomic mass is 16.2. The maximum absolute atomic E-state index is 13.6. The number of nitrogens with zero attached hydrogens (tertiary/aromatic N) is 8. The van der Waals surface area contributed by atoms with Gasteiger partial charge in [0, 0.05) is 67.8 Å². The molecule has 2 saturated heterocycles. The highest BCUT2D eigenvalue weighted by molar-refractivity contribution is 6.05. The van der Waals surface area contributed by atoms with E-state index in [0.29, 0.717) is 46.8 Å². The van der Waals surface area contributed by atoms with Crippen LogP contribution in [0.1, 0.15) is 86.2 Å². The first-order valence-electron chi connectivity index (χ1n) is 19.0. The Kier molecular flexibility index (Phi) is 9.72. The minimum absolute atomic E-state index is 0.112. The van der Waals surface area contributed by atoms with Crippen LogP contribution in [0.25, 0.3) is 22.5 Å². The number of aromatic nitrogens is 5. The third kappa shape index (κ3) is 7.11. The molecule has 7 heterocycles. The number of pyridine rings is 3. The number of nitriles is 1. The zero-order valence-corrected chi connectivity index (χ0v) is 30.7. The molecule has 278 valence electrons. The predicted octanol–water partition coefficient (Wildman–Crippen LogP) is 5.37. The van der Waals surface area contributed by atoms with E-state index in [4.69, 9.17) is 4.98 Å². The molecule has 2 aliphatic heterocycles. The molecule has 0 aromatic carbocycles. The topological polar surface area (TPSA) is 166 Å². The quantitative estimate of drug-likeness (QED) is 0.181. The van der Waals surface area contributed by atoms with Gasteiger partial charge in [-0.3, -0.25) is 28.8 Å². The van der Waals surface area contributed by atoms with E-state index in [-0.39, 0.29) is 30.3 Å². The van der Waals surface area contributed by atoms with Crippen LogP contribution in [0.4, 0.5) is 16.3 Å². The first-order chi connectivity index (χ1) is 26.2. The summed E-state index contributed by atoms with van der Waals surface area (Å²) in [6.07, 6.45) is 15.2. The molecular weight excluding hydrogens is 683 g/mol. The molecule has 0 unspecified atom stereocenters. The van der Waals surface area contributed by atoms with Crippen LogP contribution >= 0.6 is 0 Å². The minimum atomic E-state index is -0.405. The standard InChI is InChI=1S/C40H45N11O3/c1-25(2)45-33-19-34(49-16-11-29-18-27(20-41)21-43-37(29)49)42-22-32(33)39(53)46-30-7-5-26(6-8-30)24-48-14-9-28(10-15-48)31-4-3-13-50-36(23-44-38(31)50)51-17-12-35(52)47-40(51)54/h3-4,11,13,16,18-19,21-23,25-26,28,30H,5-10,12,14-15,17,24H2,1-2H3,(H,42,45)(H,46,53)(H,47,52,54)/t26-,30-. The third-order valence-electron chi connectivity index (χ3n) is 11.1. The zero-order valence-electron chi connectivity index (χ0n) is 30.7. The van der Waals surface area contributed by atoms with Gasteiger partial charge in [0.2, 0.25) is 5.91 Å². The number of carbonyl (C=O) groups is 3.